The average molecular weight is 193 g/mol. The summed E-state index contributed by atoms with van der Waals surface area (Å²) in [6, 6.07) is 4.76. The molecule has 0 saturated heterocycles. The van der Waals surface area contributed by atoms with Gasteiger partial charge in [-0.1, -0.05) is 11.3 Å². The Labute approximate surface area is 78.8 Å². The van der Waals surface area contributed by atoms with Gasteiger partial charge in [-0.15, -0.1) is 10.2 Å². The summed E-state index contributed by atoms with van der Waals surface area (Å²) >= 11 is 0. The fourth-order valence-corrected chi connectivity index (χ4v) is 0.618. The van der Waals surface area contributed by atoms with Crippen LogP contribution in [0, 0.1) is 0 Å². The summed E-state index contributed by atoms with van der Waals surface area (Å²) in [6.07, 6.45) is 2.78. The molecule has 72 valence electrons. The molecule has 0 atom stereocenters. The molecule has 0 amide bonds. The quantitative estimate of drug-likeness (QED) is 0.659. The molecule has 2 aromatic heterocycles. The standard InChI is InChI=1S/C6H5NO2.CH2N4/c8-6(9)5-3-1-2-4-7-5;1-2-4-5-3-1/h1-4H,(H,8,9);1H,(H,2,3,4,5). The van der Waals surface area contributed by atoms with Crippen LogP contribution < -0.4 is 0 Å². The SMILES string of the molecule is O=C(O)c1ccccn1.c1nn[nH]n1. The van der Waals surface area contributed by atoms with Gasteiger partial charge < -0.3 is 5.11 Å². The van der Waals surface area contributed by atoms with Crippen LogP contribution >= 0.6 is 0 Å². The highest BCUT2D eigenvalue weighted by Crippen LogP contribution is 1.90. The largest absolute Gasteiger partial charge is 0.477 e. The fourth-order valence-electron chi connectivity index (χ4n) is 0.618. The van der Waals surface area contributed by atoms with Crippen LogP contribution in [-0.4, -0.2) is 36.7 Å². The summed E-state index contributed by atoms with van der Waals surface area (Å²) in [7, 11) is 0. The number of carboxylic acid groups (broad SMARTS) is 1. The minimum atomic E-state index is -0.990. The molecule has 2 rings (SSSR count). The maximum absolute atomic E-state index is 10.1. The van der Waals surface area contributed by atoms with E-state index in [1.165, 1.54) is 18.6 Å². The minimum Gasteiger partial charge on any atom is -0.477 e. The van der Waals surface area contributed by atoms with Crippen molar-refractivity contribution in [2.75, 3.05) is 0 Å². The second-order valence-corrected chi connectivity index (χ2v) is 2.08. The first-order valence-corrected chi connectivity index (χ1v) is 3.61. The van der Waals surface area contributed by atoms with E-state index in [4.69, 9.17) is 5.11 Å². The zero-order valence-electron chi connectivity index (χ0n) is 7.03. The summed E-state index contributed by atoms with van der Waals surface area (Å²) in [5, 5.41) is 20.5. The zero-order chi connectivity index (χ0) is 10.2. The second kappa shape index (κ2) is 5.36. The van der Waals surface area contributed by atoms with E-state index in [-0.39, 0.29) is 5.69 Å². The number of nitrogens with one attached hydrogen (secondary N) is 1. The molecule has 0 fully saturated rings. The highest BCUT2D eigenvalue weighted by atomic mass is 16.4. The van der Waals surface area contributed by atoms with Crippen molar-refractivity contribution in [1.82, 2.24) is 25.6 Å². The normalized spacial score (nSPS) is 8.57. The van der Waals surface area contributed by atoms with Crippen LogP contribution in [-0.2, 0) is 0 Å². The van der Waals surface area contributed by atoms with Gasteiger partial charge in [0.05, 0.1) is 0 Å². The molecule has 0 spiro atoms. The van der Waals surface area contributed by atoms with E-state index in [9.17, 15) is 4.79 Å². The molecule has 7 nitrogen and oxygen atoms in total. The third-order valence-corrected chi connectivity index (χ3v) is 1.15. The number of pyridine rings is 1. The number of hydrogen-bond donors (Lipinski definition) is 2. The Morgan fingerprint density at radius 2 is 2.29 bits per heavy atom. The van der Waals surface area contributed by atoms with Crippen molar-refractivity contribution in [3.63, 3.8) is 0 Å². The highest BCUT2D eigenvalue weighted by molar-refractivity contribution is 5.85. The van der Waals surface area contributed by atoms with Gasteiger partial charge in [-0.05, 0) is 12.1 Å². The minimum absolute atomic E-state index is 0.0810. The molecule has 2 heterocycles. The number of tetrazole rings is 1. The second-order valence-electron chi connectivity index (χ2n) is 2.08. The number of aromatic nitrogens is 5. The summed E-state index contributed by atoms with van der Waals surface area (Å²) in [4.78, 5) is 13.7. The van der Waals surface area contributed by atoms with Gasteiger partial charge in [-0.2, -0.15) is 5.21 Å². The zero-order valence-corrected chi connectivity index (χ0v) is 7.03. The molecular weight excluding hydrogens is 186 g/mol. The van der Waals surface area contributed by atoms with Gasteiger partial charge >= 0.3 is 5.97 Å². The van der Waals surface area contributed by atoms with Gasteiger partial charge in [-0.25, -0.2) is 9.78 Å². The number of hydrogen-bond acceptors (Lipinski definition) is 5. The molecule has 2 N–H and O–H groups in total. The number of aromatic carboxylic acids is 1. The Morgan fingerprint density at radius 3 is 2.57 bits per heavy atom. The molecule has 0 aliphatic heterocycles. The molecule has 0 bridgehead atoms. The molecule has 7 heteroatoms. The van der Waals surface area contributed by atoms with Gasteiger partial charge in [0, 0.05) is 6.20 Å². The first kappa shape index (κ1) is 9.78. The van der Waals surface area contributed by atoms with Crippen LogP contribution in [0.3, 0.4) is 0 Å². The van der Waals surface area contributed by atoms with Crippen molar-refractivity contribution in [1.29, 1.82) is 0 Å². The number of rotatable bonds is 1. The lowest BCUT2D eigenvalue weighted by molar-refractivity contribution is 0.0690. The number of aromatic amines is 1. The summed E-state index contributed by atoms with van der Waals surface area (Å²) in [5.74, 6) is -0.990. The molecule has 0 radical (unpaired) electrons. The lowest BCUT2D eigenvalue weighted by Crippen LogP contribution is -1.97. The van der Waals surface area contributed by atoms with Gasteiger partial charge in [0.25, 0.3) is 0 Å². The van der Waals surface area contributed by atoms with E-state index in [2.05, 4.69) is 25.6 Å². The first-order valence-electron chi connectivity index (χ1n) is 3.61. The highest BCUT2D eigenvalue weighted by Gasteiger charge is 1.98. The van der Waals surface area contributed by atoms with Crippen LogP contribution in [0.25, 0.3) is 0 Å². The predicted molar refractivity (Wildman–Crippen MR) is 45.4 cm³/mol. The lowest BCUT2D eigenvalue weighted by Gasteiger charge is -1.87. The Kier molecular flexibility index (Phi) is 3.74. The fraction of sp³-hybridized carbons (Fsp3) is 0. The van der Waals surface area contributed by atoms with Crippen LogP contribution in [0.4, 0.5) is 0 Å². The third kappa shape index (κ3) is 3.39. The van der Waals surface area contributed by atoms with Crippen molar-refractivity contribution >= 4 is 5.97 Å². The average Bonchev–Trinajstić information content (AvgIpc) is 2.77. The van der Waals surface area contributed by atoms with E-state index >= 15 is 0 Å². The Balaban J connectivity index is 0.000000165. The van der Waals surface area contributed by atoms with Crippen molar-refractivity contribution < 1.29 is 9.90 Å². The number of H-pyrrole nitrogens is 1. The molecule has 0 unspecified atom stereocenters. The summed E-state index contributed by atoms with van der Waals surface area (Å²) in [5.41, 5.74) is 0.0810. The van der Waals surface area contributed by atoms with Crippen LogP contribution in [0.2, 0.25) is 0 Å². The molecule has 14 heavy (non-hydrogen) atoms. The maximum Gasteiger partial charge on any atom is 0.354 e. The van der Waals surface area contributed by atoms with E-state index in [0.717, 1.165) is 0 Å². The summed E-state index contributed by atoms with van der Waals surface area (Å²) in [6.45, 7) is 0. The number of carbonyl (C=O) groups is 1. The van der Waals surface area contributed by atoms with Crippen molar-refractivity contribution in [2.45, 2.75) is 0 Å². The van der Waals surface area contributed by atoms with Gasteiger partial charge in [0.1, 0.15) is 5.69 Å². The molecule has 0 aromatic carbocycles. The maximum atomic E-state index is 10.1. The molecule has 0 aliphatic carbocycles. The van der Waals surface area contributed by atoms with E-state index in [1.54, 1.807) is 12.1 Å². The topological polar surface area (TPSA) is 105 Å². The van der Waals surface area contributed by atoms with Crippen LogP contribution in [0.5, 0.6) is 0 Å². The van der Waals surface area contributed by atoms with Crippen LogP contribution in [0.1, 0.15) is 10.5 Å². The Bertz CT molecular complexity index is 344. The smallest absolute Gasteiger partial charge is 0.354 e. The molecule has 0 saturated carbocycles. The van der Waals surface area contributed by atoms with Crippen molar-refractivity contribution in [3.8, 4) is 0 Å². The van der Waals surface area contributed by atoms with Gasteiger partial charge in [0.15, 0.2) is 6.33 Å². The summed E-state index contributed by atoms with van der Waals surface area (Å²) < 4.78 is 0. The van der Waals surface area contributed by atoms with Crippen LogP contribution in [0.15, 0.2) is 30.7 Å². The van der Waals surface area contributed by atoms with E-state index in [0.29, 0.717) is 0 Å². The monoisotopic (exact) mass is 193 g/mol. The first-order chi connectivity index (χ1) is 6.80. The van der Waals surface area contributed by atoms with Gasteiger partial charge in [-0.3, -0.25) is 0 Å². The lowest BCUT2D eigenvalue weighted by atomic mass is 10.4. The van der Waals surface area contributed by atoms with Gasteiger partial charge in [0.2, 0.25) is 0 Å². The number of nitrogens with zero attached hydrogens (tertiary/aromatic N) is 4. The molecule has 0 aliphatic rings. The predicted octanol–water partition coefficient (Wildman–Crippen LogP) is -0.0205. The van der Waals surface area contributed by atoms with Crippen molar-refractivity contribution in [3.05, 3.63) is 36.4 Å². The Morgan fingerprint density at radius 1 is 1.43 bits per heavy atom. The Hall–Kier alpha value is -2.31. The van der Waals surface area contributed by atoms with Crippen molar-refractivity contribution in [2.24, 2.45) is 0 Å². The molecular formula is C7H7N5O2. The third-order valence-electron chi connectivity index (χ3n) is 1.15. The number of carboxylic acids is 1. The molecule has 2 aromatic rings. The van der Waals surface area contributed by atoms with E-state index < -0.39 is 5.97 Å². The van der Waals surface area contributed by atoms with E-state index in [1.807, 2.05) is 0 Å².